The van der Waals surface area contributed by atoms with E-state index in [2.05, 4.69) is 79.1 Å². The second kappa shape index (κ2) is 6.33. The van der Waals surface area contributed by atoms with Crippen LogP contribution in [0.25, 0.3) is 38.6 Å². The fourth-order valence-electron chi connectivity index (χ4n) is 5.51. The summed E-state index contributed by atoms with van der Waals surface area (Å²) in [6.07, 6.45) is 0. The minimum absolute atomic E-state index is 0.216. The summed E-state index contributed by atoms with van der Waals surface area (Å²) in [5.41, 5.74) is 8.52. The van der Waals surface area contributed by atoms with E-state index in [1.54, 1.807) is 18.2 Å². The number of benzene rings is 4. The van der Waals surface area contributed by atoms with E-state index >= 15 is 0 Å². The lowest BCUT2D eigenvalue weighted by atomic mass is 9.81. The van der Waals surface area contributed by atoms with Crippen molar-refractivity contribution in [1.82, 2.24) is 4.57 Å². The number of rotatable bonds is 1. The van der Waals surface area contributed by atoms with E-state index in [-0.39, 0.29) is 5.41 Å². The lowest BCUT2D eigenvalue weighted by molar-refractivity contribution is 0.664. The van der Waals surface area contributed by atoms with Gasteiger partial charge < -0.3 is 4.57 Å². The van der Waals surface area contributed by atoms with Crippen molar-refractivity contribution in [1.29, 1.82) is 10.5 Å². The third-order valence-electron chi connectivity index (χ3n) is 6.85. The topological polar surface area (TPSA) is 52.5 Å². The zero-order chi connectivity index (χ0) is 22.0. The Balaban J connectivity index is 1.90. The molecule has 1 aromatic heterocycles. The van der Waals surface area contributed by atoms with Gasteiger partial charge in [0.25, 0.3) is 0 Å². The molecule has 1 aliphatic rings. The first-order chi connectivity index (χ1) is 15.6. The maximum atomic E-state index is 9.95. The molecule has 0 saturated carbocycles. The Morgan fingerprint density at radius 3 is 2.12 bits per heavy atom. The van der Waals surface area contributed by atoms with Gasteiger partial charge in [-0.3, -0.25) is 0 Å². The molecular weight excluding hydrogens is 390 g/mol. The monoisotopic (exact) mass is 409 g/mol. The van der Waals surface area contributed by atoms with Crippen molar-refractivity contribution in [3.8, 4) is 29.0 Å². The van der Waals surface area contributed by atoms with Gasteiger partial charge >= 0.3 is 0 Å². The van der Waals surface area contributed by atoms with Gasteiger partial charge in [0, 0.05) is 16.2 Å². The Hall–Kier alpha value is -4.34. The van der Waals surface area contributed by atoms with Crippen molar-refractivity contribution >= 4 is 21.8 Å². The van der Waals surface area contributed by atoms with Crippen molar-refractivity contribution in [3.63, 3.8) is 0 Å². The highest BCUT2D eigenvalue weighted by molar-refractivity contribution is 6.13. The van der Waals surface area contributed by atoms with Gasteiger partial charge in [-0.25, -0.2) is 0 Å². The molecule has 0 atom stereocenters. The first-order valence-electron chi connectivity index (χ1n) is 10.7. The third-order valence-corrected chi connectivity index (χ3v) is 6.85. The highest BCUT2D eigenvalue weighted by Gasteiger charge is 2.38. The van der Waals surface area contributed by atoms with Crippen LogP contribution in [0, 0.1) is 22.7 Å². The van der Waals surface area contributed by atoms with Crippen molar-refractivity contribution in [2.45, 2.75) is 19.3 Å². The predicted octanol–water partition coefficient (Wildman–Crippen LogP) is 6.83. The van der Waals surface area contributed by atoms with Gasteiger partial charge in [0.2, 0.25) is 0 Å². The van der Waals surface area contributed by atoms with Crippen LogP contribution in [0.2, 0.25) is 0 Å². The lowest BCUT2D eigenvalue weighted by Crippen LogP contribution is -2.16. The maximum Gasteiger partial charge on any atom is 0.101 e. The van der Waals surface area contributed by atoms with Gasteiger partial charge in [0.15, 0.2) is 0 Å². The zero-order valence-corrected chi connectivity index (χ0v) is 17.8. The molecule has 1 aliphatic carbocycles. The fourth-order valence-corrected chi connectivity index (χ4v) is 5.51. The molecule has 0 aliphatic heterocycles. The van der Waals surface area contributed by atoms with Crippen LogP contribution in [0.3, 0.4) is 0 Å². The van der Waals surface area contributed by atoms with Crippen LogP contribution in [-0.2, 0) is 5.41 Å². The first kappa shape index (κ1) is 18.4. The van der Waals surface area contributed by atoms with Gasteiger partial charge in [0.1, 0.15) is 12.1 Å². The minimum atomic E-state index is -0.216. The Bertz CT molecular complexity index is 1640. The van der Waals surface area contributed by atoms with E-state index in [0.29, 0.717) is 16.8 Å². The van der Waals surface area contributed by atoms with Crippen LogP contribution in [0.15, 0.2) is 78.9 Å². The van der Waals surface area contributed by atoms with Crippen LogP contribution in [-0.4, -0.2) is 4.57 Å². The molecule has 32 heavy (non-hydrogen) atoms. The van der Waals surface area contributed by atoms with Gasteiger partial charge in [0.05, 0.1) is 27.8 Å². The number of aromatic nitrogens is 1. The summed E-state index contributed by atoms with van der Waals surface area (Å²) < 4.78 is 2.15. The molecule has 0 N–H and O–H groups in total. The summed E-state index contributed by atoms with van der Waals surface area (Å²) in [5, 5.41) is 22.1. The normalized spacial score (nSPS) is 13.5. The summed E-state index contributed by atoms with van der Waals surface area (Å²) in [7, 11) is 0. The molecule has 6 rings (SSSR count). The van der Waals surface area contributed by atoms with Crippen LogP contribution in [0.5, 0.6) is 0 Å². The van der Waals surface area contributed by atoms with Crippen LogP contribution in [0.4, 0.5) is 0 Å². The molecule has 150 valence electrons. The lowest BCUT2D eigenvalue weighted by Gasteiger charge is -2.24. The molecule has 0 saturated heterocycles. The molecule has 3 nitrogen and oxygen atoms in total. The molecular formula is C29H19N3. The van der Waals surface area contributed by atoms with Crippen molar-refractivity contribution < 1.29 is 0 Å². The van der Waals surface area contributed by atoms with Crippen LogP contribution >= 0.6 is 0 Å². The molecule has 4 aromatic carbocycles. The largest absolute Gasteiger partial charge is 0.306 e. The number of para-hydroxylation sites is 2. The summed E-state index contributed by atoms with van der Waals surface area (Å²) in [6, 6.07) is 31.2. The quantitative estimate of drug-likeness (QED) is 0.304. The zero-order valence-electron chi connectivity index (χ0n) is 17.8. The minimum Gasteiger partial charge on any atom is -0.306 e. The molecule has 0 unspecified atom stereocenters. The van der Waals surface area contributed by atoms with E-state index in [9.17, 15) is 10.5 Å². The van der Waals surface area contributed by atoms with Crippen LogP contribution in [0.1, 0.15) is 36.1 Å². The number of hydrogen-bond donors (Lipinski definition) is 0. The SMILES string of the molecule is CC1(C)c2ccccc2-c2ccc3c4ccccc4n(-c4c(C#N)cccc4C#N)c3c21. The molecule has 0 bridgehead atoms. The molecule has 0 spiro atoms. The Morgan fingerprint density at radius 1 is 0.688 bits per heavy atom. The third kappa shape index (κ3) is 2.18. The summed E-state index contributed by atoms with van der Waals surface area (Å²) >= 11 is 0. The highest BCUT2D eigenvalue weighted by atomic mass is 15.0. The average Bonchev–Trinajstić information content (AvgIpc) is 3.28. The molecule has 1 heterocycles. The first-order valence-corrected chi connectivity index (χ1v) is 10.7. The number of hydrogen-bond acceptors (Lipinski definition) is 2. The Kier molecular flexibility index (Phi) is 3.65. The van der Waals surface area contributed by atoms with E-state index in [1.165, 1.54) is 22.3 Å². The van der Waals surface area contributed by atoms with E-state index in [0.717, 1.165) is 21.8 Å². The molecule has 5 aromatic rings. The van der Waals surface area contributed by atoms with Gasteiger partial charge in [-0.05, 0) is 40.5 Å². The smallest absolute Gasteiger partial charge is 0.101 e. The fraction of sp³-hybridized carbons (Fsp3) is 0.103. The van der Waals surface area contributed by atoms with Crippen LogP contribution < -0.4 is 0 Å². The Labute approximate surface area is 186 Å². The maximum absolute atomic E-state index is 9.95. The number of nitrogens with zero attached hydrogens (tertiary/aromatic N) is 3. The van der Waals surface area contributed by atoms with E-state index in [1.807, 2.05) is 12.1 Å². The molecule has 0 radical (unpaired) electrons. The van der Waals surface area contributed by atoms with Crippen molar-refractivity contribution in [3.05, 3.63) is 101 Å². The van der Waals surface area contributed by atoms with Gasteiger partial charge in [-0.2, -0.15) is 10.5 Å². The van der Waals surface area contributed by atoms with Gasteiger partial charge in [-0.15, -0.1) is 0 Å². The average molecular weight is 409 g/mol. The summed E-state index contributed by atoms with van der Waals surface area (Å²) in [5.74, 6) is 0. The second-order valence-corrected chi connectivity index (χ2v) is 8.83. The standard InChI is InChI=1S/C29H19N3/c1-29(2)24-12-5-3-10-20(24)22-14-15-23-21-11-4-6-13-25(21)32(28(23)26(22)29)27-18(16-30)8-7-9-19(27)17-31/h3-15H,1-2H3. The number of fused-ring (bicyclic) bond motifs is 7. The number of nitriles is 2. The van der Waals surface area contributed by atoms with Crippen molar-refractivity contribution in [2.24, 2.45) is 0 Å². The van der Waals surface area contributed by atoms with E-state index < -0.39 is 0 Å². The highest BCUT2D eigenvalue weighted by Crippen LogP contribution is 2.53. The summed E-state index contributed by atoms with van der Waals surface area (Å²) in [6.45, 7) is 4.53. The van der Waals surface area contributed by atoms with Gasteiger partial charge in [-0.1, -0.05) is 74.5 Å². The predicted molar refractivity (Wildman–Crippen MR) is 128 cm³/mol. The van der Waals surface area contributed by atoms with E-state index in [4.69, 9.17) is 0 Å². The summed E-state index contributed by atoms with van der Waals surface area (Å²) in [4.78, 5) is 0. The second-order valence-electron chi connectivity index (χ2n) is 8.83. The molecule has 3 heteroatoms. The Morgan fingerprint density at radius 2 is 1.38 bits per heavy atom. The molecule has 0 fully saturated rings. The molecule has 0 amide bonds. The van der Waals surface area contributed by atoms with Crippen molar-refractivity contribution in [2.75, 3.05) is 0 Å².